The van der Waals surface area contributed by atoms with Crippen LogP contribution >= 0.6 is 15.9 Å². The van der Waals surface area contributed by atoms with Crippen molar-refractivity contribution in [1.82, 2.24) is 4.98 Å². The van der Waals surface area contributed by atoms with E-state index in [1.807, 2.05) is 19.1 Å². The van der Waals surface area contributed by atoms with Crippen molar-refractivity contribution < 1.29 is 8.42 Å². The van der Waals surface area contributed by atoms with Crippen molar-refractivity contribution in [3.05, 3.63) is 52.8 Å². The molecule has 0 N–H and O–H groups in total. The third-order valence-corrected chi connectivity index (χ3v) is 4.92. The van der Waals surface area contributed by atoms with E-state index >= 15 is 0 Å². The molecule has 2 rings (SSSR count). The number of anilines is 1. The molecule has 0 fully saturated rings. The minimum atomic E-state index is -3.59. The molecule has 1 heterocycles. The van der Waals surface area contributed by atoms with Gasteiger partial charge in [0.2, 0.25) is 0 Å². The van der Waals surface area contributed by atoms with Gasteiger partial charge in [-0.3, -0.25) is 9.29 Å². The van der Waals surface area contributed by atoms with Gasteiger partial charge in [0.15, 0.2) is 0 Å². The van der Waals surface area contributed by atoms with Gasteiger partial charge in [-0.1, -0.05) is 17.7 Å². The lowest BCUT2D eigenvalue weighted by Gasteiger charge is -2.19. The third kappa shape index (κ3) is 2.96. The first-order chi connectivity index (χ1) is 8.91. The van der Waals surface area contributed by atoms with E-state index in [9.17, 15) is 8.42 Å². The summed E-state index contributed by atoms with van der Waals surface area (Å²) >= 11 is 3.22. The summed E-state index contributed by atoms with van der Waals surface area (Å²) in [5.41, 5.74) is 1.70. The smallest absolute Gasteiger partial charge is 0.265 e. The van der Waals surface area contributed by atoms with Crippen LogP contribution in [-0.2, 0) is 10.0 Å². The third-order valence-electron chi connectivity index (χ3n) is 2.74. The summed E-state index contributed by atoms with van der Waals surface area (Å²) < 4.78 is 26.7. The maximum Gasteiger partial charge on any atom is 0.265 e. The minimum Gasteiger partial charge on any atom is -0.269 e. The van der Waals surface area contributed by atoms with Gasteiger partial charge < -0.3 is 0 Å². The minimum absolute atomic E-state index is 0.157. The quantitative estimate of drug-likeness (QED) is 0.862. The number of aromatic nitrogens is 1. The Labute approximate surface area is 121 Å². The number of hydrogen-bond acceptors (Lipinski definition) is 3. The van der Waals surface area contributed by atoms with Gasteiger partial charge in [0.25, 0.3) is 10.0 Å². The SMILES string of the molecule is Cc1ccc(N(C)S(=O)(=O)c2cncc(Br)c2)cc1. The van der Waals surface area contributed by atoms with Crippen LogP contribution in [0.1, 0.15) is 5.56 Å². The Kier molecular flexibility index (Phi) is 3.91. The molecule has 0 atom stereocenters. The summed E-state index contributed by atoms with van der Waals surface area (Å²) in [6, 6.07) is 8.84. The van der Waals surface area contributed by atoms with Gasteiger partial charge >= 0.3 is 0 Å². The largest absolute Gasteiger partial charge is 0.269 e. The molecule has 4 nitrogen and oxygen atoms in total. The van der Waals surface area contributed by atoms with Crippen LogP contribution < -0.4 is 4.31 Å². The molecular weight excluding hydrogens is 328 g/mol. The number of aryl methyl sites for hydroxylation is 1. The highest BCUT2D eigenvalue weighted by Crippen LogP contribution is 2.23. The fourth-order valence-electron chi connectivity index (χ4n) is 1.59. The average molecular weight is 341 g/mol. The van der Waals surface area contributed by atoms with Gasteiger partial charge in [0.05, 0.1) is 5.69 Å². The molecule has 0 saturated heterocycles. The second-order valence-electron chi connectivity index (χ2n) is 4.15. The summed E-state index contributed by atoms with van der Waals surface area (Å²) in [4.78, 5) is 4.05. The summed E-state index contributed by atoms with van der Waals surface area (Å²) in [5.74, 6) is 0. The molecule has 0 aliphatic heterocycles. The molecule has 6 heteroatoms. The van der Waals surface area contributed by atoms with Gasteiger partial charge in [-0.05, 0) is 41.1 Å². The molecule has 0 radical (unpaired) electrons. The van der Waals surface area contributed by atoms with E-state index in [4.69, 9.17) is 0 Å². The van der Waals surface area contributed by atoms with E-state index in [1.165, 1.54) is 23.6 Å². The second kappa shape index (κ2) is 5.30. The fourth-order valence-corrected chi connectivity index (χ4v) is 3.29. The molecule has 1 aromatic carbocycles. The summed E-state index contributed by atoms with van der Waals surface area (Å²) in [5, 5.41) is 0. The summed E-state index contributed by atoms with van der Waals surface area (Å²) in [6.07, 6.45) is 2.88. The zero-order chi connectivity index (χ0) is 14.0. The van der Waals surface area contributed by atoms with Gasteiger partial charge in [-0.15, -0.1) is 0 Å². The van der Waals surface area contributed by atoms with Crippen molar-refractivity contribution in [2.45, 2.75) is 11.8 Å². The molecule has 0 unspecified atom stereocenters. The predicted molar refractivity (Wildman–Crippen MR) is 78.7 cm³/mol. The van der Waals surface area contributed by atoms with Gasteiger partial charge in [-0.25, -0.2) is 8.42 Å². The highest BCUT2D eigenvalue weighted by atomic mass is 79.9. The van der Waals surface area contributed by atoms with E-state index in [1.54, 1.807) is 18.3 Å². The summed E-state index contributed by atoms with van der Waals surface area (Å²) in [6.45, 7) is 1.95. The molecule has 19 heavy (non-hydrogen) atoms. The van der Waals surface area contributed by atoms with Crippen molar-refractivity contribution in [3.8, 4) is 0 Å². The van der Waals surface area contributed by atoms with Crippen molar-refractivity contribution in [3.63, 3.8) is 0 Å². The maximum absolute atomic E-state index is 12.4. The molecule has 0 aliphatic rings. The van der Waals surface area contributed by atoms with Gasteiger partial charge in [-0.2, -0.15) is 0 Å². The first-order valence-corrected chi connectivity index (χ1v) is 7.81. The number of pyridine rings is 1. The fraction of sp³-hybridized carbons (Fsp3) is 0.154. The van der Waals surface area contributed by atoms with Crippen molar-refractivity contribution >= 4 is 31.6 Å². The normalized spacial score (nSPS) is 11.3. The molecule has 0 saturated carbocycles. The van der Waals surface area contributed by atoms with Crippen molar-refractivity contribution in [1.29, 1.82) is 0 Å². The molecule has 100 valence electrons. The molecule has 0 spiro atoms. The number of sulfonamides is 1. The van der Waals surface area contributed by atoms with Crippen molar-refractivity contribution in [2.75, 3.05) is 11.4 Å². The first kappa shape index (κ1) is 14.0. The monoisotopic (exact) mass is 340 g/mol. The first-order valence-electron chi connectivity index (χ1n) is 5.57. The zero-order valence-electron chi connectivity index (χ0n) is 10.5. The molecular formula is C13H13BrN2O2S. The lowest BCUT2D eigenvalue weighted by molar-refractivity contribution is 0.594. The van der Waals surface area contributed by atoms with Crippen LogP contribution in [0.15, 0.2) is 52.1 Å². The molecule has 0 amide bonds. The predicted octanol–water partition coefficient (Wildman–Crippen LogP) is 2.98. The van der Waals surface area contributed by atoms with E-state index in [0.717, 1.165) is 5.56 Å². The second-order valence-corrected chi connectivity index (χ2v) is 7.03. The Morgan fingerprint density at radius 2 is 1.79 bits per heavy atom. The van der Waals surface area contributed by atoms with E-state index in [-0.39, 0.29) is 4.90 Å². The van der Waals surface area contributed by atoms with Crippen LogP contribution in [0.25, 0.3) is 0 Å². The number of halogens is 1. The Balaban J connectivity index is 2.42. The number of rotatable bonds is 3. The highest BCUT2D eigenvalue weighted by Gasteiger charge is 2.21. The maximum atomic E-state index is 12.4. The number of hydrogen-bond donors (Lipinski definition) is 0. The lowest BCUT2D eigenvalue weighted by atomic mass is 10.2. The van der Waals surface area contributed by atoms with Crippen LogP contribution in [-0.4, -0.2) is 20.4 Å². The molecule has 0 bridgehead atoms. The zero-order valence-corrected chi connectivity index (χ0v) is 12.9. The van der Waals surface area contributed by atoms with Crippen LogP contribution in [0.3, 0.4) is 0 Å². The van der Waals surface area contributed by atoms with E-state index in [0.29, 0.717) is 10.2 Å². The van der Waals surface area contributed by atoms with E-state index < -0.39 is 10.0 Å². The molecule has 0 aliphatic carbocycles. The van der Waals surface area contributed by atoms with Gasteiger partial charge in [0, 0.05) is 23.9 Å². The molecule has 2 aromatic rings. The standard InChI is InChI=1S/C13H13BrN2O2S/c1-10-3-5-12(6-4-10)16(2)19(17,18)13-7-11(14)8-15-9-13/h3-9H,1-2H3. The Hall–Kier alpha value is -1.40. The summed E-state index contributed by atoms with van der Waals surface area (Å²) in [7, 11) is -2.06. The van der Waals surface area contributed by atoms with Crippen LogP contribution in [0.2, 0.25) is 0 Å². The van der Waals surface area contributed by atoms with Crippen LogP contribution in [0.4, 0.5) is 5.69 Å². The van der Waals surface area contributed by atoms with Crippen molar-refractivity contribution in [2.24, 2.45) is 0 Å². The van der Waals surface area contributed by atoms with Crippen LogP contribution in [0.5, 0.6) is 0 Å². The number of benzene rings is 1. The Morgan fingerprint density at radius 1 is 1.16 bits per heavy atom. The lowest BCUT2D eigenvalue weighted by Crippen LogP contribution is -2.26. The number of nitrogens with zero attached hydrogens (tertiary/aromatic N) is 2. The molecule has 1 aromatic heterocycles. The highest BCUT2D eigenvalue weighted by molar-refractivity contribution is 9.10. The van der Waals surface area contributed by atoms with Crippen LogP contribution in [0, 0.1) is 6.92 Å². The Bertz CT molecular complexity index is 684. The average Bonchev–Trinajstić information content (AvgIpc) is 2.39. The Morgan fingerprint density at radius 3 is 2.37 bits per heavy atom. The van der Waals surface area contributed by atoms with Gasteiger partial charge in [0.1, 0.15) is 4.90 Å². The topological polar surface area (TPSA) is 50.3 Å². The van der Waals surface area contributed by atoms with E-state index in [2.05, 4.69) is 20.9 Å².